The minimum Gasteiger partial charge on any atom is -0.493 e. The van der Waals surface area contributed by atoms with E-state index in [2.05, 4.69) is 5.32 Å². The maximum absolute atomic E-state index is 12.7. The summed E-state index contributed by atoms with van der Waals surface area (Å²) in [5.74, 6) is 1.00. The number of benzene rings is 2. The molecule has 29 heavy (non-hydrogen) atoms. The summed E-state index contributed by atoms with van der Waals surface area (Å²) in [5.41, 5.74) is 0.588. The van der Waals surface area contributed by atoms with Gasteiger partial charge in [0, 0.05) is 12.1 Å². The topological polar surface area (TPSA) is 77.0 Å². The molecule has 0 spiro atoms. The van der Waals surface area contributed by atoms with Crippen molar-refractivity contribution in [2.24, 2.45) is 0 Å². The molecule has 1 fully saturated rings. The average molecular weight is 399 g/mol. The molecule has 156 valence electrons. The van der Waals surface area contributed by atoms with Crippen molar-refractivity contribution in [3.05, 3.63) is 53.6 Å². The number of amides is 1. The molecule has 0 bridgehead atoms. The highest BCUT2D eigenvalue weighted by atomic mass is 16.5. The van der Waals surface area contributed by atoms with Gasteiger partial charge < -0.3 is 24.6 Å². The number of carbonyl (C=O) groups is 1. The van der Waals surface area contributed by atoms with Gasteiger partial charge in [-0.1, -0.05) is 49.6 Å². The standard InChI is InChI=1S/C23H29NO5/c1-27-19-13-18(22(25)24-16-23(26)11-7-4-8-12-23)14-20(28-2)21(19)29-15-17-9-5-3-6-10-17/h3,5-6,9-10,13-14,26H,4,7-8,11-12,15-16H2,1-2H3,(H,24,25). The van der Waals surface area contributed by atoms with Gasteiger partial charge in [-0.05, 0) is 30.5 Å². The lowest BCUT2D eigenvalue weighted by Gasteiger charge is -2.32. The lowest BCUT2D eigenvalue weighted by molar-refractivity contribution is 0.00525. The van der Waals surface area contributed by atoms with Crippen molar-refractivity contribution in [3.8, 4) is 17.2 Å². The molecule has 2 aromatic carbocycles. The van der Waals surface area contributed by atoms with Crippen molar-refractivity contribution >= 4 is 5.91 Å². The van der Waals surface area contributed by atoms with Crippen molar-refractivity contribution in [1.29, 1.82) is 0 Å². The van der Waals surface area contributed by atoms with E-state index in [4.69, 9.17) is 14.2 Å². The second-order valence-corrected chi connectivity index (χ2v) is 7.45. The van der Waals surface area contributed by atoms with Crippen LogP contribution in [-0.2, 0) is 6.61 Å². The predicted molar refractivity (Wildman–Crippen MR) is 111 cm³/mol. The normalized spacial score (nSPS) is 15.4. The Morgan fingerprint density at radius 2 is 1.66 bits per heavy atom. The van der Waals surface area contributed by atoms with Crippen LogP contribution in [0.3, 0.4) is 0 Å². The van der Waals surface area contributed by atoms with Gasteiger partial charge >= 0.3 is 0 Å². The Bertz CT molecular complexity index is 790. The quantitative estimate of drug-likeness (QED) is 0.708. The molecule has 1 saturated carbocycles. The first kappa shape index (κ1) is 21.0. The van der Waals surface area contributed by atoms with Gasteiger partial charge in [0.25, 0.3) is 5.91 Å². The molecule has 0 saturated heterocycles. The Morgan fingerprint density at radius 3 is 2.24 bits per heavy atom. The van der Waals surface area contributed by atoms with Crippen LogP contribution in [-0.4, -0.2) is 37.4 Å². The maximum atomic E-state index is 12.7. The number of ether oxygens (including phenoxy) is 3. The molecule has 6 nitrogen and oxygen atoms in total. The van der Waals surface area contributed by atoms with Crippen molar-refractivity contribution < 1.29 is 24.1 Å². The van der Waals surface area contributed by atoms with Gasteiger partial charge in [-0.2, -0.15) is 0 Å². The van der Waals surface area contributed by atoms with Gasteiger partial charge in [0.05, 0.1) is 19.8 Å². The number of carbonyl (C=O) groups excluding carboxylic acids is 1. The third-order valence-corrected chi connectivity index (χ3v) is 5.31. The second-order valence-electron chi connectivity index (χ2n) is 7.45. The summed E-state index contributed by atoms with van der Waals surface area (Å²) in [6, 6.07) is 13.0. The Labute approximate surface area is 171 Å². The molecular weight excluding hydrogens is 370 g/mol. The van der Waals surface area contributed by atoms with Crippen LogP contribution in [0.4, 0.5) is 0 Å². The van der Waals surface area contributed by atoms with Gasteiger partial charge in [0.2, 0.25) is 5.75 Å². The fourth-order valence-corrected chi connectivity index (χ4v) is 3.62. The summed E-state index contributed by atoms with van der Waals surface area (Å²) in [6.45, 7) is 0.592. The zero-order chi connectivity index (χ0) is 20.7. The Hall–Kier alpha value is -2.73. The molecular formula is C23H29NO5. The third-order valence-electron chi connectivity index (χ3n) is 5.31. The first-order chi connectivity index (χ1) is 14.0. The maximum Gasteiger partial charge on any atom is 0.251 e. The molecule has 0 aliphatic heterocycles. The van der Waals surface area contributed by atoms with Crippen LogP contribution in [0.1, 0.15) is 48.0 Å². The van der Waals surface area contributed by atoms with Gasteiger partial charge in [-0.15, -0.1) is 0 Å². The van der Waals surface area contributed by atoms with Gasteiger partial charge in [0.1, 0.15) is 6.61 Å². The monoisotopic (exact) mass is 399 g/mol. The van der Waals surface area contributed by atoms with Crippen molar-refractivity contribution in [2.45, 2.75) is 44.3 Å². The molecule has 0 aromatic heterocycles. The first-order valence-electron chi connectivity index (χ1n) is 9.98. The molecule has 0 heterocycles. The predicted octanol–water partition coefficient (Wildman–Crippen LogP) is 3.71. The number of nitrogens with one attached hydrogen (secondary N) is 1. The molecule has 2 N–H and O–H groups in total. The first-order valence-corrected chi connectivity index (χ1v) is 9.98. The summed E-state index contributed by atoms with van der Waals surface area (Å²) < 4.78 is 16.8. The number of methoxy groups -OCH3 is 2. The van der Waals surface area contributed by atoms with Gasteiger partial charge in [-0.3, -0.25) is 4.79 Å². The van der Waals surface area contributed by atoms with Crippen LogP contribution in [0.25, 0.3) is 0 Å². The summed E-state index contributed by atoms with van der Waals surface area (Å²) in [5, 5.41) is 13.5. The van der Waals surface area contributed by atoms with E-state index >= 15 is 0 Å². The van der Waals surface area contributed by atoms with E-state index in [0.29, 0.717) is 42.3 Å². The fourth-order valence-electron chi connectivity index (χ4n) is 3.62. The molecule has 1 amide bonds. The molecule has 0 unspecified atom stereocenters. The van der Waals surface area contributed by atoms with Crippen molar-refractivity contribution in [1.82, 2.24) is 5.32 Å². The molecule has 3 rings (SSSR count). The van der Waals surface area contributed by atoms with E-state index in [1.807, 2.05) is 30.3 Å². The van der Waals surface area contributed by atoms with Crippen LogP contribution in [0.5, 0.6) is 17.2 Å². The Balaban J connectivity index is 1.73. The Morgan fingerprint density at radius 1 is 1.03 bits per heavy atom. The van der Waals surface area contributed by atoms with Crippen LogP contribution in [0.2, 0.25) is 0 Å². The van der Waals surface area contributed by atoms with E-state index in [9.17, 15) is 9.90 Å². The molecule has 1 aliphatic rings. The van der Waals surface area contributed by atoms with Crippen molar-refractivity contribution in [3.63, 3.8) is 0 Å². The van der Waals surface area contributed by atoms with Gasteiger partial charge in [-0.25, -0.2) is 0 Å². The van der Waals surface area contributed by atoms with E-state index in [1.54, 1.807) is 12.1 Å². The largest absolute Gasteiger partial charge is 0.493 e. The Kier molecular flexibility index (Phi) is 6.99. The van der Waals surface area contributed by atoms with Crippen LogP contribution >= 0.6 is 0 Å². The zero-order valence-electron chi connectivity index (χ0n) is 17.1. The minimum atomic E-state index is -0.819. The van der Waals surface area contributed by atoms with E-state index in [0.717, 1.165) is 24.8 Å². The van der Waals surface area contributed by atoms with E-state index in [1.165, 1.54) is 14.2 Å². The smallest absolute Gasteiger partial charge is 0.251 e. The molecule has 2 aromatic rings. The van der Waals surface area contributed by atoms with E-state index < -0.39 is 5.60 Å². The number of aliphatic hydroxyl groups is 1. The fraction of sp³-hybridized carbons (Fsp3) is 0.435. The summed E-state index contributed by atoms with van der Waals surface area (Å²) >= 11 is 0. The van der Waals surface area contributed by atoms with Crippen molar-refractivity contribution in [2.75, 3.05) is 20.8 Å². The van der Waals surface area contributed by atoms with Crippen LogP contribution in [0, 0.1) is 0 Å². The van der Waals surface area contributed by atoms with E-state index in [-0.39, 0.29) is 12.5 Å². The van der Waals surface area contributed by atoms with Crippen LogP contribution < -0.4 is 19.5 Å². The van der Waals surface area contributed by atoms with Crippen LogP contribution in [0.15, 0.2) is 42.5 Å². The highest BCUT2D eigenvalue weighted by Crippen LogP contribution is 2.39. The molecule has 0 atom stereocenters. The second kappa shape index (κ2) is 9.65. The highest BCUT2D eigenvalue weighted by molar-refractivity contribution is 5.95. The lowest BCUT2D eigenvalue weighted by Crippen LogP contribution is -2.44. The molecule has 6 heteroatoms. The molecule has 0 radical (unpaired) electrons. The number of hydrogen-bond acceptors (Lipinski definition) is 5. The zero-order valence-corrected chi connectivity index (χ0v) is 17.1. The minimum absolute atomic E-state index is 0.239. The summed E-state index contributed by atoms with van der Waals surface area (Å²) in [4.78, 5) is 12.7. The van der Waals surface area contributed by atoms with Gasteiger partial charge in [0.15, 0.2) is 11.5 Å². The summed E-state index contributed by atoms with van der Waals surface area (Å²) in [7, 11) is 3.05. The molecule has 1 aliphatic carbocycles. The third kappa shape index (κ3) is 5.41. The highest BCUT2D eigenvalue weighted by Gasteiger charge is 2.30. The average Bonchev–Trinajstić information content (AvgIpc) is 2.76. The SMILES string of the molecule is COc1cc(C(=O)NCC2(O)CCCCC2)cc(OC)c1OCc1ccccc1. The lowest BCUT2D eigenvalue weighted by atomic mass is 9.85. The number of rotatable bonds is 8. The number of hydrogen-bond donors (Lipinski definition) is 2. The summed E-state index contributed by atoms with van der Waals surface area (Å²) in [6.07, 6.45) is 4.54.